The van der Waals surface area contributed by atoms with Gasteiger partial charge in [0, 0.05) is 18.6 Å². The zero-order valence-corrected chi connectivity index (χ0v) is 12.3. The maximum Gasteiger partial charge on any atom is 0.125 e. The lowest BCUT2D eigenvalue weighted by Gasteiger charge is -1.81. The van der Waals surface area contributed by atoms with Crippen LogP contribution in [0.4, 0.5) is 0 Å². The van der Waals surface area contributed by atoms with E-state index < -0.39 is 0 Å². The summed E-state index contributed by atoms with van der Waals surface area (Å²) in [5.41, 5.74) is 0.961. The molecule has 0 spiro atoms. The van der Waals surface area contributed by atoms with Crippen LogP contribution in [0.15, 0.2) is 36.8 Å². The zero-order chi connectivity index (χ0) is 14.2. The Labute approximate surface area is 111 Å². The minimum atomic E-state index is 0.822. The van der Waals surface area contributed by atoms with Crippen LogP contribution in [-0.4, -0.2) is 20.2 Å². The first-order valence-electron chi connectivity index (χ1n) is 6.27. The summed E-state index contributed by atoms with van der Waals surface area (Å²) in [5.74, 6) is 0.822. The lowest BCUT2D eigenvalue weighted by Crippen LogP contribution is -1.80. The highest BCUT2D eigenvalue weighted by molar-refractivity contribution is 4.94. The number of nitrogens with zero attached hydrogens (tertiary/aromatic N) is 4. The van der Waals surface area contributed by atoms with E-state index in [4.69, 9.17) is 0 Å². The van der Waals surface area contributed by atoms with E-state index in [1.807, 2.05) is 53.7 Å². The van der Waals surface area contributed by atoms with Crippen LogP contribution < -0.4 is 0 Å². The number of aromatic nitrogens is 4. The van der Waals surface area contributed by atoms with Gasteiger partial charge in [0.1, 0.15) is 5.82 Å². The van der Waals surface area contributed by atoms with Gasteiger partial charge in [-0.1, -0.05) is 27.7 Å². The molecule has 0 unspecified atom stereocenters. The van der Waals surface area contributed by atoms with Gasteiger partial charge in [-0.2, -0.15) is 10.2 Å². The second-order valence-electron chi connectivity index (χ2n) is 2.66. The topological polar surface area (TPSA) is 51.6 Å². The van der Waals surface area contributed by atoms with E-state index in [2.05, 4.69) is 20.2 Å². The van der Waals surface area contributed by atoms with Crippen molar-refractivity contribution in [1.82, 2.24) is 20.2 Å². The SMILES string of the molecule is CC.CC.Cc1cccnn1.Cc1ncccn1. The maximum atomic E-state index is 3.87. The van der Waals surface area contributed by atoms with E-state index in [0.29, 0.717) is 0 Å². The smallest absolute Gasteiger partial charge is 0.125 e. The molecule has 0 saturated heterocycles. The molecule has 2 aromatic rings. The first-order valence-corrected chi connectivity index (χ1v) is 6.27. The van der Waals surface area contributed by atoms with Gasteiger partial charge in [-0.05, 0) is 32.0 Å². The van der Waals surface area contributed by atoms with Gasteiger partial charge >= 0.3 is 0 Å². The normalized spacial score (nSPS) is 7.44. The van der Waals surface area contributed by atoms with Gasteiger partial charge in [0.05, 0.1) is 5.69 Å². The van der Waals surface area contributed by atoms with Crippen molar-refractivity contribution in [2.24, 2.45) is 0 Å². The van der Waals surface area contributed by atoms with Gasteiger partial charge in [0.25, 0.3) is 0 Å². The van der Waals surface area contributed by atoms with Gasteiger partial charge in [0.15, 0.2) is 0 Å². The highest BCUT2D eigenvalue weighted by Gasteiger charge is 1.75. The summed E-state index contributed by atoms with van der Waals surface area (Å²) in [5, 5.41) is 7.36. The molecule has 0 aliphatic rings. The summed E-state index contributed by atoms with van der Waals surface area (Å²) in [7, 11) is 0. The van der Waals surface area contributed by atoms with E-state index in [1.54, 1.807) is 24.7 Å². The van der Waals surface area contributed by atoms with Crippen molar-refractivity contribution in [3.05, 3.63) is 48.3 Å². The third-order valence-corrected chi connectivity index (χ3v) is 1.40. The quantitative estimate of drug-likeness (QED) is 0.714. The first kappa shape index (κ1) is 18.5. The fourth-order valence-corrected chi connectivity index (χ4v) is 0.752. The van der Waals surface area contributed by atoms with Crippen molar-refractivity contribution in [1.29, 1.82) is 0 Å². The summed E-state index contributed by atoms with van der Waals surface area (Å²) < 4.78 is 0. The third kappa shape index (κ3) is 12.2. The summed E-state index contributed by atoms with van der Waals surface area (Å²) in [6.45, 7) is 11.8. The average molecular weight is 248 g/mol. The first-order chi connectivity index (χ1) is 8.79. The van der Waals surface area contributed by atoms with Crippen LogP contribution in [-0.2, 0) is 0 Å². The molecule has 2 aromatic heterocycles. The van der Waals surface area contributed by atoms with Crippen LogP contribution in [0.3, 0.4) is 0 Å². The fourth-order valence-electron chi connectivity index (χ4n) is 0.752. The van der Waals surface area contributed by atoms with Crippen molar-refractivity contribution >= 4 is 0 Å². The standard InChI is InChI=1S/2C5H6N2.2C2H6/c1-5-6-3-2-4-7-5;1-5-3-2-4-6-7-5;2*1-2/h2*2-4H,1H3;2*1-2H3. The Kier molecular flexibility index (Phi) is 15.6. The molecule has 100 valence electrons. The molecule has 4 heteroatoms. The average Bonchev–Trinajstić information content (AvgIpc) is 2.46. The van der Waals surface area contributed by atoms with Crippen molar-refractivity contribution in [3.63, 3.8) is 0 Å². The lowest BCUT2D eigenvalue weighted by molar-refractivity contribution is 0.980. The van der Waals surface area contributed by atoms with Gasteiger partial charge < -0.3 is 0 Å². The molecule has 2 rings (SSSR count). The Morgan fingerprint density at radius 2 is 1.33 bits per heavy atom. The fraction of sp³-hybridized carbons (Fsp3) is 0.429. The number of hydrogen-bond acceptors (Lipinski definition) is 4. The van der Waals surface area contributed by atoms with Gasteiger partial charge in [-0.25, -0.2) is 9.97 Å². The zero-order valence-electron chi connectivity index (χ0n) is 12.3. The second-order valence-corrected chi connectivity index (χ2v) is 2.66. The van der Waals surface area contributed by atoms with Crippen molar-refractivity contribution in [2.75, 3.05) is 0 Å². The molecule has 0 amide bonds. The molecular weight excluding hydrogens is 224 g/mol. The highest BCUT2D eigenvalue weighted by atomic mass is 15.1. The summed E-state index contributed by atoms with van der Waals surface area (Å²) in [4.78, 5) is 7.74. The van der Waals surface area contributed by atoms with Gasteiger partial charge in [-0.3, -0.25) is 0 Å². The number of aryl methyl sites for hydroxylation is 2. The molecule has 0 radical (unpaired) electrons. The van der Waals surface area contributed by atoms with Crippen LogP contribution in [0.25, 0.3) is 0 Å². The van der Waals surface area contributed by atoms with E-state index in [9.17, 15) is 0 Å². The van der Waals surface area contributed by atoms with Crippen LogP contribution in [0.5, 0.6) is 0 Å². The molecule has 0 aliphatic carbocycles. The van der Waals surface area contributed by atoms with Crippen molar-refractivity contribution in [3.8, 4) is 0 Å². The summed E-state index contributed by atoms with van der Waals surface area (Å²) in [6.07, 6.45) is 5.11. The van der Waals surface area contributed by atoms with Gasteiger partial charge in [0.2, 0.25) is 0 Å². The Bertz CT molecular complexity index is 311. The molecule has 2 heterocycles. The second kappa shape index (κ2) is 15.2. The molecule has 0 bridgehead atoms. The molecule has 4 nitrogen and oxygen atoms in total. The molecular formula is C14H24N4. The van der Waals surface area contributed by atoms with Crippen LogP contribution in [0, 0.1) is 13.8 Å². The monoisotopic (exact) mass is 248 g/mol. The minimum Gasteiger partial charge on any atom is -0.242 e. The molecule has 0 atom stereocenters. The largest absolute Gasteiger partial charge is 0.242 e. The van der Waals surface area contributed by atoms with Crippen LogP contribution in [0.2, 0.25) is 0 Å². The lowest BCUT2D eigenvalue weighted by atomic mass is 10.4. The van der Waals surface area contributed by atoms with Crippen LogP contribution in [0.1, 0.15) is 39.2 Å². The van der Waals surface area contributed by atoms with E-state index in [-0.39, 0.29) is 0 Å². The predicted octanol–water partition coefficient (Wildman–Crippen LogP) is 3.62. The minimum absolute atomic E-state index is 0.822. The van der Waals surface area contributed by atoms with Crippen LogP contribution >= 0.6 is 0 Å². The van der Waals surface area contributed by atoms with E-state index in [1.165, 1.54) is 0 Å². The van der Waals surface area contributed by atoms with Crippen molar-refractivity contribution < 1.29 is 0 Å². The van der Waals surface area contributed by atoms with E-state index >= 15 is 0 Å². The third-order valence-electron chi connectivity index (χ3n) is 1.40. The number of rotatable bonds is 0. The Morgan fingerprint density at radius 1 is 0.778 bits per heavy atom. The van der Waals surface area contributed by atoms with Gasteiger partial charge in [-0.15, -0.1) is 0 Å². The summed E-state index contributed by atoms with van der Waals surface area (Å²) in [6, 6.07) is 5.57. The molecule has 0 aromatic carbocycles. The molecule has 18 heavy (non-hydrogen) atoms. The Balaban J connectivity index is 0. The Morgan fingerprint density at radius 3 is 1.56 bits per heavy atom. The maximum absolute atomic E-state index is 3.87. The molecule has 0 saturated carbocycles. The summed E-state index contributed by atoms with van der Waals surface area (Å²) >= 11 is 0. The Hall–Kier alpha value is -1.84. The predicted molar refractivity (Wildman–Crippen MR) is 76.2 cm³/mol. The number of hydrogen-bond donors (Lipinski definition) is 0. The van der Waals surface area contributed by atoms with E-state index in [0.717, 1.165) is 11.5 Å². The molecule has 0 aliphatic heterocycles. The van der Waals surface area contributed by atoms with Crippen molar-refractivity contribution in [2.45, 2.75) is 41.5 Å². The molecule has 0 fully saturated rings. The highest BCUT2D eigenvalue weighted by Crippen LogP contribution is 1.82. The molecule has 0 N–H and O–H groups in total.